The SMILES string of the molecule is CC/C=C/C/C=C/C/C=C/C/C=C/CCCCCCCCCC(=O)OCC(COCCC(C(=O)O)[N+](C)(C)C)OC(=O)CCCCCCCCCCCCCCC/C=C/C/C=C/C/C=C/CC. The van der Waals surface area contributed by atoms with Gasteiger partial charge in [0.2, 0.25) is 0 Å². The molecule has 0 aromatic carbocycles. The van der Waals surface area contributed by atoms with E-state index in [0.717, 1.165) is 89.9 Å². The average molecular weight is 937 g/mol. The summed E-state index contributed by atoms with van der Waals surface area (Å²) in [7, 11) is 5.53. The first-order chi connectivity index (χ1) is 32.6. The van der Waals surface area contributed by atoms with Gasteiger partial charge in [-0.2, -0.15) is 0 Å². The summed E-state index contributed by atoms with van der Waals surface area (Å²) in [5.74, 6) is -1.48. The Hall–Kier alpha value is -3.49. The Bertz CT molecular complexity index is 1370. The summed E-state index contributed by atoms with van der Waals surface area (Å²) in [5.41, 5.74) is 0. The van der Waals surface area contributed by atoms with Crippen LogP contribution in [0.4, 0.5) is 0 Å². The number of rotatable bonds is 48. The summed E-state index contributed by atoms with van der Waals surface area (Å²) in [6, 6.07) is -0.621. The Balaban J connectivity index is 4.22. The van der Waals surface area contributed by atoms with Crippen LogP contribution in [0.3, 0.4) is 0 Å². The second kappa shape index (κ2) is 48.9. The van der Waals surface area contributed by atoms with Crippen LogP contribution < -0.4 is 0 Å². The highest BCUT2D eigenvalue weighted by Crippen LogP contribution is 2.16. The van der Waals surface area contributed by atoms with Crippen molar-refractivity contribution in [2.24, 2.45) is 0 Å². The third kappa shape index (κ3) is 47.4. The molecular formula is C59H102NO7+. The van der Waals surface area contributed by atoms with Crippen molar-refractivity contribution in [3.05, 3.63) is 85.1 Å². The van der Waals surface area contributed by atoms with Crippen molar-refractivity contribution in [3.8, 4) is 0 Å². The van der Waals surface area contributed by atoms with Crippen molar-refractivity contribution in [2.75, 3.05) is 41.0 Å². The molecule has 0 fully saturated rings. The summed E-state index contributed by atoms with van der Waals surface area (Å²) in [6.07, 6.45) is 64.9. The number of carboxylic acids is 1. The summed E-state index contributed by atoms with van der Waals surface area (Å²) in [5, 5.41) is 9.67. The topological polar surface area (TPSA) is 99.1 Å². The fourth-order valence-corrected chi connectivity index (χ4v) is 7.69. The molecule has 0 spiro atoms. The second-order valence-electron chi connectivity index (χ2n) is 19.1. The molecule has 384 valence electrons. The standard InChI is InChI=1S/C59H101NO7/c1-6-8-10-12-14-16-18-20-22-24-26-28-29-30-32-34-36-38-40-42-44-46-48-50-58(62)67-55(53-65-52-51-56(59(63)64)60(3,4)5)54-66-57(61)49-47-45-43-41-39-37-35-33-31-27-25-23-21-19-17-15-13-11-9-7-2/h8-11,14-17,20-23,27,31,55-56H,6-7,12-13,18-19,24-26,28-30,32-54H2,1-5H3/p+1/b10-8+,11-9+,16-14+,17-15+,22-20+,23-21+,31-27+. The molecule has 8 heteroatoms. The maximum Gasteiger partial charge on any atom is 0.362 e. The zero-order valence-corrected chi connectivity index (χ0v) is 43.8. The number of carboxylic acid groups (broad SMARTS) is 1. The van der Waals surface area contributed by atoms with Crippen molar-refractivity contribution in [1.29, 1.82) is 0 Å². The molecule has 0 saturated carbocycles. The quantitative estimate of drug-likeness (QED) is 0.0281. The van der Waals surface area contributed by atoms with Gasteiger partial charge in [-0.05, 0) is 83.5 Å². The Morgan fingerprint density at radius 1 is 0.448 bits per heavy atom. The van der Waals surface area contributed by atoms with Crippen molar-refractivity contribution >= 4 is 17.9 Å². The van der Waals surface area contributed by atoms with E-state index in [1.54, 1.807) is 0 Å². The minimum atomic E-state index is -0.878. The molecule has 0 aromatic heterocycles. The van der Waals surface area contributed by atoms with E-state index in [2.05, 4.69) is 98.9 Å². The fraction of sp³-hybridized carbons (Fsp3) is 0.712. The molecule has 0 aliphatic rings. The predicted molar refractivity (Wildman–Crippen MR) is 284 cm³/mol. The van der Waals surface area contributed by atoms with E-state index in [4.69, 9.17) is 14.2 Å². The van der Waals surface area contributed by atoms with E-state index in [-0.39, 0.29) is 36.2 Å². The number of carbonyl (C=O) groups is 3. The van der Waals surface area contributed by atoms with Crippen LogP contribution in [0.25, 0.3) is 0 Å². The summed E-state index contributed by atoms with van der Waals surface area (Å²) in [4.78, 5) is 37.2. The van der Waals surface area contributed by atoms with Gasteiger partial charge in [-0.3, -0.25) is 9.59 Å². The molecule has 0 aliphatic heterocycles. The van der Waals surface area contributed by atoms with Gasteiger partial charge in [0.25, 0.3) is 0 Å². The van der Waals surface area contributed by atoms with Gasteiger partial charge in [0, 0.05) is 19.3 Å². The van der Waals surface area contributed by atoms with Gasteiger partial charge in [-0.1, -0.05) is 202 Å². The van der Waals surface area contributed by atoms with E-state index in [9.17, 15) is 19.5 Å². The van der Waals surface area contributed by atoms with Crippen molar-refractivity contribution in [2.45, 2.75) is 231 Å². The Kier molecular flexibility index (Phi) is 46.4. The van der Waals surface area contributed by atoms with Crippen LogP contribution in [0.1, 0.15) is 219 Å². The first-order valence-electron chi connectivity index (χ1n) is 27.1. The number of ether oxygens (including phenoxy) is 3. The summed E-state index contributed by atoms with van der Waals surface area (Å²) in [6.45, 7) is 4.52. The van der Waals surface area contributed by atoms with E-state index >= 15 is 0 Å². The minimum absolute atomic E-state index is 0.0541. The first kappa shape index (κ1) is 63.5. The molecule has 0 heterocycles. The van der Waals surface area contributed by atoms with Gasteiger partial charge in [-0.15, -0.1) is 0 Å². The molecule has 0 radical (unpaired) electrons. The molecule has 0 saturated heterocycles. The highest BCUT2D eigenvalue weighted by Gasteiger charge is 2.31. The second-order valence-corrected chi connectivity index (χ2v) is 19.1. The van der Waals surface area contributed by atoms with Gasteiger partial charge < -0.3 is 23.8 Å². The van der Waals surface area contributed by atoms with Gasteiger partial charge >= 0.3 is 17.9 Å². The van der Waals surface area contributed by atoms with Crippen LogP contribution in [0.15, 0.2) is 85.1 Å². The van der Waals surface area contributed by atoms with Crippen LogP contribution in [-0.4, -0.2) is 80.6 Å². The number of hydrogen-bond acceptors (Lipinski definition) is 6. The number of aliphatic carboxylic acids is 1. The van der Waals surface area contributed by atoms with E-state index in [0.29, 0.717) is 19.3 Å². The largest absolute Gasteiger partial charge is 0.477 e. The lowest BCUT2D eigenvalue weighted by molar-refractivity contribution is -0.887. The highest BCUT2D eigenvalue weighted by molar-refractivity contribution is 5.72. The molecule has 2 atom stereocenters. The first-order valence-corrected chi connectivity index (χ1v) is 27.1. The van der Waals surface area contributed by atoms with Gasteiger partial charge in [-0.25, -0.2) is 4.79 Å². The molecule has 0 amide bonds. The fourth-order valence-electron chi connectivity index (χ4n) is 7.69. The Labute approximate surface area is 412 Å². The van der Waals surface area contributed by atoms with E-state index in [1.165, 1.54) is 96.3 Å². The van der Waals surface area contributed by atoms with E-state index < -0.39 is 18.1 Å². The number of carbonyl (C=O) groups excluding carboxylic acids is 2. The molecule has 67 heavy (non-hydrogen) atoms. The lowest BCUT2D eigenvalue weighted by Gasteiger charge is -2.31. The monoisotopic (exact) mass is 937 g/mol. The summed E-state index contributed by atoms with van der Waals surface area (Å²) >= 11 is 0. The third-order valence-electron chi connectivity index (χ3n) is 11.8. The third-order valence-corrected chi connectivity index (χ3v) is 11.8. The van der Waals surface area contributed by atoms with Crippen molar-refractivity contribution < 1.29 is 38.2 Å². The zero-order valence-electron chi connectivity index (χ0n) is 43.8. The molecule has 0 aliphatic carbocycles. The molecule has 2 unspecified atom stereocenters. The normalized spacial score (nSPS) is 13.5. The van der Waals surface area contributed by atoms with Crippen LogP contribution in [-0.2, 0) is 28.6 Å². The van der Waals surface area contributed by atoms with Crippen LogP contribution in [0.5, 0.6) is 0 Å². The van der Waals surface area contributed by atoms with Crippen molar-refractivity contribution in [1.82, 2.24) is 0 Å². The lowest BCUT2D eigenvalue weighted by atomic mass is 10.0. The van der Waals surface area contributed by atoms with Crippen LogP contribution >= 0.6 is 0 Å². The lowest BCUT2D eigenvalue weighted by Crippen LogP contribution is -2.50. The van der Waals surface area contributed by atoms with Crippen LogP contribution in [0, 0.1) is 0 Å². The number of likely N-dealkylation sites (N-methyl/N-ethyl adjacent to an activating group) is 1. The number of nitrogens with zero attached hydrogens (tertiary/aromatic N) is 1. The van der Waals surface area contributed by atoms with Crippen molar-refractivity contribution in [3.63, 3.8) is 0 Å². The number of allylic oxidation sites excluding steroid dienone is 14. The predicted octanol–water partition coefficient (Wildman–Crippen LogP) is 16.0. The maximum absolute atomic E-state index is 12.8. The number of esters is 2. The van der Waals surface area contributed by atoms with Gasteiger partial charge in [0.1, 0.15) is 6.61 Å². The highest BCUT2D eigenvalue weighted by atomic mass is 16.6. The Morgan fingerprint density at radius 3 is 1.16 bits per heavy atom. The molecule has 0 aromatic rings. The summed E-state index contributed by atoms with van der Waals surface area (Å²) < 4.78 is 17.4. The molecule has 8 nitrogen and oxygen atoms in total. The molecule has 0 rings (SSSR count). The van der Waals surface area contributed by atoms with Crippen LogP contribution in [0.2, 0.25) is 0 Å². The molecule has 0 bridgehead atoms. The number of hydrogen-bond donors (Lipinski definition) is 1. The van der Waals surface area contributed by atoms with Gasteiger partial charge in [0.15, 0.2) is 12.1 Å². The number of quaternary nitrogens is 1. The number of unbranched alkanes of at least 4 members (excludes halogenated alkanes) is 20. The average Bonchev–Trinajstić information content (AvgIpc) is 3.29. The maximum atomic E-state index is 12.8. The van der Waals surface area contributed by atoms with E-state index in [1.807, 2.05) is 21.1 Å². The van der Waals surface area contributed by atoms with Gasteiger partial charge in [0.05, 0.1) is 34.4 Å². The minimum Gasteiger partial charge on any atom is -0.477 e. The molecular weight excluding hydrogens is 835 g/mol. The smallest absolute Gasteiger partial charge is 0.362 e. The Morgan fingerprint density at radius 2 is 0.791 bits per heavy atom. The zero-order chi connectivity index (χ0) is 49.2. The molecule has 1 N–H and O–H groups in total.